The Morgan fingerprint density at radius 3 is 2.61 bits per heavy atom. The van der Waals surface area contributed by atoms with Crippen LogP contribution in [-0.2, 0) is 6.54 Å². The third-order valence-corrected chi connectivity index (χ3v) is 5.23. The zero-order valence-corrected chi connectivity index (χ0v) is 13.4. The maximum absolute atomic E-state index is 4.45. The summed E-state index contributed by atoms with van der Waals surface area (Å²) in [5.74, 6) is 0.875. The van der Waals surface area contributed by atoms with Crippen molar-refractivity contribution >= 4 is 5.95 Å². The van der Waals surface area contributed by atoms with Gasteiger partial charge in [-0.1, -0.05) is 6.07 Å². The summed E-state index contributed by atoms with van der Waals surface area (Å²) in [5.41, 5.74) is 1.58. The highest BCUT2D eigenvalue weighted by Crippen LogP contribution is 2.38. The van der Waals surface area contributed by atoms with Crippen LogP contribution in [0.15, 0.2) is 43.0 Å². The molecule has 4 heterocycles. The molecule has 0 aromatic carbocycles. The van der Waals surface area contributed by atoms with Gasteiger partial charge in [-0.3, -0.25) is 9.88 Å². The van der Waals surface area contributed by atoms with Crippen molar-refractivity contribution in [2.24, 2.45) is 0 Å². The van der Waals surface area contributed by atoms with E-state index in [0.717, 1.165) is 25.6 Å². The lowest BCUT2D eigenvalue weighted by Crippen LogP contribution is -2.55. The topological polar surface area (TPSA) is 45.2 Å². The third kappa shape index (κ3) is 2.93. The number of hydrogen-bond acceptors (Lipinski definition) is 5. The molecule has 0 aliphatic carbocycles. The van der Waals surface area contributed by atoms with E-state index < -0.39 is 0 Å². The first-order chi connectivity index (χ1) is 11.4. The van der Waals surface area contributed by atoms with Crippen molar-refractivity contribution in [1.29, 1.82) is 0 Å². The average molecular weight is 309 g/mol. The molecule has 1 atom stereocenters. The minimum absolute atomic E-state index is 0.271. The predicted molar refractivity (Wildman–Crippen MR) is 90.1 cm³/mol. The molecule has 2 aromatic rings. The van der Waals surface area contributed by atoms with E-state index in [1.54, 1.807) is 0 Å². The number of piperidine rings is 1. The van der Waals surface area contributed by atoms with Crippen molar-refractivity contribution in [1.82, 2.24) is 19.9 Å². The van der Waals surface area contributed by atoms with Gasteiger partial charge in [0.05, 0.1) is 0 Å². The van der Waals surface area contributed by atoms with Crippen molar-refractivity contribution in [3.05, 3.63) is 48.5 Å². The second-order valence-electron chi connectivity index (χ2n) is 6.68. The monoisotopic (exact) mass is 309 g/mol. The van der Waals surface area contributed by atoms with Crippen LogP contribution in [0, 0.1) is 0 Å². The highest BCUT2D eigenvalue weighted by Gasteiger charge is 2.44. The number of nitrogens with zero attached hydrogens (tertiary/aromatic N) is 5. The molecular formula is C18H23N5. The second kappa shape index (κ2) is 6.24. The number of anilines is 1. The fraction of sp³-hybridized carbons (Fsp3) is 0.500. The fourth-order valence-corrected chi connectivity index (χ4v) is 4.15. The Kier molecular flexibility index (Phi) is 3.95. The molecule has 0 N–H and O–H groups in total. The van der Waals surface area contributed by atoms with Gasteiger partial charge in [0, 0.05) is 50.0 Å². The van der Waals surface area contributed by atoms with Gasteiger partial charge in [-0.05, 0) is 49.9 Å². The van der Waals surface area contributed by atoms with E-state index in [2.05, 4.69) is 30.8 Å². The molecule has 2 fully saturated rings. The van der Waals surface area contributed by atoms with Crippen LogP contribution in [0.4, 0.5) is 5.95 Å². The van der Waals surface area contributed by atoms with Gasteiger partial charge in [0.1, 0.15) is 0 Å². The minimum Gasteiger partial charge on any atom is -0.339 e. The molecule has 120 valence electrons. The Morgan fingerprint density at radius 1 is 1.00 bits per heavy atom. The first-order valence-electron chi connectivity index (χ1n) is 8.52. The summed E-state index contributed by atoms with van der Waals surface area (Å²) >= 11 is 0. The molecule has 5 nitrogen and oxygen atoms in total. The zero-order valence-electron chi connectivity index (χ0n) is 13.4. The molecule has 0 bridgehead atoms. The molecule has 23 heavy (non-hydrogen) atoms. The Bertz CT molecular complexity index is 632. The largest absolute Gasteiger partial charge is 0.339 e. The third-order valence-electron chi connectivity index (χ3n) is 5.23. The number of likely N-dealkylation sites (tertiary alicyclic amines) is 1. The van der Waals surface area contributed by atoms with Gasteiger partial charge in [0.2, 0.25) is 5.95 Å². The van der Waals surface area contributed by atoms with Crippen molar-refractivity contribution < 1.29 is 0 Å². The molecule has 2 saturated heterocycles. The molecule has 2 aliphatic rings. The molecule has 2 aromatic heterocycles. The van der Waals surface area contributed by atoms with E-state index >= 15 is 0 Å². The first-order valence-corrected chi connectivity index (χ1v) is 8.52. The van der Waals surface area contributed by atoms with Gasteiger partial charge in [-0.15, -0.1) is 0 Å². The summed E-state index contributed by atoms with van der Waals surface area (Å²) in [6, 6.07) is 6.09. The highest BCUT2D eigenvalue weighted by atomic mass is 15.3. The molecule has 1 spiro atoms. The summed E-state index contributed by atoms with van der Waals surface area (Å²) in [7, 11) is 0. The maximum atomic E-state index is 4.45. The van der Waals surface area contributed by atoms with Gasteiger partial charge in [0.25, 0.3) is 0 Å². The summed E-state index contributed by atoms with van der Waals surface area (Å²) in [4.78, 5) is 18.2. The number of hydrogen-bond donors (Lipinski definition) is 0. The van der Waals surface area contributed by atoms with Crippen molar-refractivity contribution in [3.63, 3.8) is 0 Å². The Labute approximate surface area is 137 Å². The summed E-state index contributed by atoms with van der Waals surface area (Å²) < 4.78 is 0. The fourth-order valence-electron chi connectivity index (χ4n) is 4.15. The van der Waals surface area contributed by atoms with Crippen LogP contribution in [0.1, 0.15) is 31.2 Å². The van der Waals surface area contributed by atoms with Crippen molar-refractivity contribution in [2.75, 3.05) is 24.5 Å². The lowest BCUT2D eigenvalue weighted by atomic mass is 9.86. The normalized spacial score (nSPS) is 25.1. The van der Waals surface area contributed by atoms with Crippen LogP contribution in [0.3, 0.4) is 0 Å². The first kappa shape index (κ1) is 14.6. The van der Waals surface area contributed by atoms with Crippen molar-refractivity contribution in [2.45, 2.75) is 37.8 Å². The lowest BCUT2D eigenvalue weighted by Gasteiger charge is -2.46. The van der Waals surface area contributed by atoms with E-state index in [-0.39, 0.29) is 5.54 Å². The second-order valence-corrected chi connectivity index (χ2v) is 6.68. The Balaban J connectivity index is 1.54. The van der Waals surface area contributed by atoms with Crippen LogP contribution >= 0.6 is 0 Å². The van der Waals surface area contributed by atoms with Crippen LogP contribution in [0.25, 0.3) is 0 Å². The number of rotatable bonds is 3. The standard InChI is InChI=1S/C18H23N5/c1-5-16(13-19-8-1)14-23-12-3-7-18(23)6-2-11-22(15-18)17-20-9-4-10-21-17/h1,4-5,8-10,13H,2-3,6-7,11-12,14-15H2. The summed E-state index contributed by atoms with van der Waals surface area (Å²) in [6.45, 7) is 4.28. The quantitative estimate of drug-likeness (QED) is 0.872. The lowest BCUT2D eigenvalue weighted by molar-refractivity contribution is 0.108. The molecule has 5 heteroatoms. The average Bonchev–Trinajstić information content (AvgIpc) is 2.98. The van der Waals surface area contributed by atoms with Crippen LogP contribution < -0.4 is 4.90 Å². The molecule has 0 amide bonds. The van der Waals surface area contributed by atoms with Gasteiger partial charge in [0.15, 0.2) is 0 Å². The van der Waals surface area contributed by atoms with E-state index in [0.29, 0.717) is 0 Å². The summed E-state index contributed by atoms with van der Waals surface area (Å²) in [6.07, 6.45) is 12.6. The van der Waals surface area contributed by atoms with Gasteiger partial charge < -0.3 is 4.90 Å². The van der Waals surface area contributed by atoms with Crippen LogP contribution in [0.2, 0.25) is 0 Å². The number of pyridine rings is 1. The Hall–Kier alpha value is -2.01. The van der Waals surface area contributed by atoms with Gasteiger partial charge >= 0.3 is 0 Å². The molecule has 4 rings (SSSR count). The number of aromatic nitrogens is 3. The maximum Gasteiger partial charge on any atom is 0.225 e. The Morgan fingerprint density at radius 2 is 1.83 bits per heavy atom. The van der Waals surface area contributed by atoms with E-state index in [1.165, 1.54) is 37.8 Å². The van der Waals surface area contributed by atoms with E-state index in [4.69, 9.17) is 0 Å². The van der Waals surface area contributed by atoms with E-state index in [9.17, 15) is 0 Å². The molecule has 0 radical (unpaired) electrons. The molecule has 1 unspecified atom stereocenters. The molecule has 0 saturated carbocycles. The molecule has 2 aliphatic heterocycles. The molecular weight excluding hydrogens is 286 g/mol. The van der Waals surface area contributed by atoms with Gasteiger partial charge in [-0.2, -0.15) is 0 Å². The summed E-state index contributed by atoms with van der Waals surface area (Å²) in [5, 5.41) is 0. The SMILES string of the molecule is c1cnc(N2CCCC3(CCCN3Cc3cccnc3)C2)nc1. The highest BCUT2D eigenvalue weighted by molar-refractivity contribution is 5.31. The predicted octanol–water partition coefficient (Wildman–Crippen LogP) is 2.51. The van der Waals surface area contributed by atoms with E-state index in [1.807, 2.05) is 36.9 Å². The van der Waals surface area contributed by atoms with Gasteiger partial charge in [-0.25, -0.2) is 9.97 Å². The van der Waals surface area contributed by atoms with Crippen LogP contribution in [0.5, 0.6) is 0 Å². The smallest absolute Gasteiger partial charge is 0.225 e. The minimum atomic E-state index is 0.271. The zero-order chi connectivity index (χ0) is 15.5. The van der Waals surface area contributed by atoms with Crippen molar-refractivity contribution in [3.8, 4) is 0 Å². The van der Waals surface area contributed by atoms with Crippen LogP contribution in [-0.4, -0.2) is 45.0 Å².